The molecule has 0 aliphatic carbocycles. The molecule has 0 saturated carbocycles. The van der Waals surface area contributed by atoms with Crippen molar-refractivity contribution in [3.05, 3.63) is 24.2 Å². The van der Waals surface area contributed by atoms with E-state index in [4.69, 9.17) is 9.15 Å². The highest BCUT2D eigenvalue weighted by Gasteiger charge is 2.14. The third-order valence-corrected chi connectivity index (χ3v) is 2.43. The number of morpholine rings is 1. The van der Waals surface area contributed by atoms with Crippen LogP contribution in [0.1, 0.15) is 18.5 Å². The summed E-state index contributed by atoms with van der Waals surface area (Å²) in [5, 5.41) is 2.20. The minimum absolute atomic E-state index is 0.298. The van der Waals surface area contributed by atoms with Gasteiger partial charge in [0.15, 0.2) is 0 Å². The van der Waals surface area contributed by atoms with Crippen LogP contribution >= 0.6 is 0 Å². The summed E-state index contributed by atoms with van der Waals surface area (Å²) < 4.78 is 10.3. The Morgan fingerprint density at radius 1 is 1.43 bits per heavy atom. The summed E-state index contributed by atoms with van der Waals surface area (Å²) in [6.07, 6.45) is 3.48. The van der Waals surface area contributed by atoms with E-state index >= 15 is 0 Å². The Balaban J connectivity index is 1.84. The van der Waals surface area contributed by atoms with E-state index in [2.05, 4.69) is 17.4 Å². The van der Waals surface area contributed by atoms with Crippen molar-refractivity contribution in [3.8, 4) is 0 Å². The molecule has 1 unspecified atom stereocenters. The van der Waals surface area contributed by atoms with E-state index in [1.165, 1.54) is 5.56 Å². The summed E-state index contributed by atoms with van der Waals surface area (Å²) in [6.45, 7) is 5.64. The number of hydrogen-bond acceptors (Lipinski definition) is 4. The molecule has 0 amide bonds. The molecule has 0 bridgehead atoms. The van der Waals surface area contributed by atoms with Crippen LogP contribution in [0.2, 0.25) is 0 Å². The first kappa shape index (κ1) is 9.71. The first-order valence-corrected chi connectivity index (χ1v) is 4.97. The van der Waals surface area contributed by atoms with Crippen molar-refractivity contribution in [2.45, 2.75) is 13.0 Å². The van der Waals surface area contributed by atoms with Crippen molar-refractivity contribution in [3.63, 3.8) is 0 Å². The maximum Gasteiger partial charge on any atom is 0.0950 e. The number of hydrazine groups is 1. The van der Waals surface area contributed by atoms with Gasteiger partial charge in [-0.3, -0.25) is 0 Å². The summed E-state index contributed by atoms with van der Waals surface area (Å²) in [4.78, 5) is 0. The SMILES string of the molecule is CC(NN1CCOCC1)c1ccoc1. The Kier molecular flexibility index (Phi) is 3.18. The van der Waals surface area contributed by atoms with Crippen LogP contribution in [-0.2, 0) is 4.74 Å². The van der Waals surface area contributed by atoms with E-state index in [0.29, 0.717) is 6.04 Å². The maximum absolute atomic E-state index is 5.27. The summed E-state index contributed by atoms with van der Waals surface area (Å²) in [6, 6.07) is 2.28. The van der Waals surface area contributed by atoms with Gasteiger partial charge < -0.3 is 9.15 Å². The Bertz CT molecular complexity index is 255. The molecular formula is C10H16N2O2. The van der Waals surface area contributed by atoms with Gasteiger partial charge in [0.25, 0.3) is 0 Å². The summed E-state index contributed by atoms with van der Waals surface area (Å²) in [7, 11) is 0. The normalized spacial score (nSPS) is 20.9. The minimum atomic E-state index is 0.298. The molecule has 2 rings (SSSR count). The van der Waals surface area contributed by atoms with E-state index in [1.807, 2.05) is 6.07 Å². The fourth-order valence-electron chi connectivity index (χ4n) is 1.56. The molecule has 1 aromatic rings. The summed E-state index contributed by atoms with van der Waals surface area (Å²) >= 11 is 0. The zero-order valence-electron chi connectivity index (χ0n) is 8.40. The fraction of sp³-hybridized carbons (Fsp3) is 0.600. The second kappa shape index (κ2) is 4.59. The van der Waals surface area contributed by atoms with Gasteiger partial charge in [0.1, 0.15) is 0 Å². The minimum Gasteiger partial charge on any atom is -0.472 e. The molecule has 1 N–H and O–H groups in total. The molecule has 1 atom stereocenters. The van der Waals surface area contributed by atoms with Gasteiger partial charge in [-0.25, -0.2) is 10.4 Å². The third-order valence-electron chi connectivity index (χ3n) is 2.43. The highest BCUT2D eigenvalue weighted by Crippen LogP contribution is 2.12. The highest BCUT2D eigenvalue weighted by molar-refractivity contribution is 5.09. The van der Waals surface area contributed by atoms with Crippen LogP contribution in [0, 0.1) is 0 Å². The molecular weight excluding hydrogens is 180 g/mol. The standard InChI is InChI=1S/C10H16N2O2/c1-9(10-2-5-14-8-10)11-12-3-6-13-7-4-12/h2,5,8-9,11H,3-4,6-7H2,1H3. The van der Waals surface area contributed by atoms with Crippen molar-refractivity contribution < 1.29 is 9.15 Å². The van der Waals surface area contributed by atoms with Gasteiger partial charge in [0, 0.05) is 24.7 Å². The number of rotatable bonds is 3. The van der Waals surface area contributed by atoms with Gasteiger partial charge >= 0.3 is 0 Å². The van der Waals surface area contributed by atoms with Crippen molar-refractivity contribution in [1.82, 2.24) is 10.4 Å². The number of hydrogen-bond donors (Lipinski definition) is 1. The smallest absolute Gasteiger partial charge is 0.0950 e. The van der Waals surface area contributed by atoms with Crippen molar-refractivity contribution in [2.24, 2.45) is 0 Å². The Labute approximate surface area is 83.8 Å². The lowest BCUT2D eigenvalue weighted by Crippen LogP contribution is -2.46. The Morgan fingerprint density at radius 2 is 2.21 bits per heavy atom. The topological polar surface area (TPSA) is 37.6 Å². The maximum atomic E-state index is 5.27. The third kappa shape index (κ3) is 2.35. The van der Waals surface area contributed by atoms with Crippen LogP contribution in [0.15, 0.2) is 23.0 Å². The molecule has 1 aromatic heterocycles. The Hall–Kier alpha value is -0.840. The second-order valence-corrected chi connectivity index (χ2v) is 3.51. The lowest BCUT2D eigenvalue weighted by atomic mass is 10.2. The molecule has 14 heavy (non-hydrogen) atoms. The van der Waals surface area contributed by atoms with Crippen LogP contribution in [0.4, 0.5) is 0 Å². The van der Waals surface area contributed by atoms with E-state index in [-0.39, 0.29) is 0 Å². The predicted octanol–water partition coefficient (Wildman–Crippen LogP) is 1.18. The molecule has 0 aromatic carbocycles. The van der Waals surface area contributed by atoms with Crippen molar-refractivity contribution in [2.75, 3.05) is 26.3 Å². The molecule has 2 heterocycles. The van der Waals surface area contributed by atoms with Crippen LogP contribution in [0.25, 0.3) is 0 Å². The molecule has 0 radical (unpaired) electrons. The monoisotopic (exact) mass is 196 g/mol. The number of ether oxygens (including phenoxy) is 1. The fourth-order valence-corrected chi connectivity index (χ4v) is 1.56. The molecule has 1 aliphatic heterocycles. The lowest BCUT2D eigenvalue weighted by molar-refractivity contribution is 0.00481. The predicted molar refractivity (Wildman–Crippen MR) is 52.7 cm³/mol. The molecule has 1 fully saturated rings. The largest absolute Gasteiger partial charge is 0.472 e. The summed E-state index contributed by atoms with van der Waals surface area (Å²) in [5.41, 5.74) is 4.59. The van der Waals surface area contributed by atoms with E-state index in [0.717, 1.165) is 26.3 Å². The van der Waals surface area contributed by atoms with E-state index in [9.17, 15) is 0 Å². The van der Waals surface area contributed by atoms with Crippen molar-refractivity contribution >= 4 is 0 Å². The van der Waals surface area contributed by atoms with Gasteiger partial charge in [-0.1, -0.05) is 0 Å². The van der Waals surface area contributed by atoms with Gasteiger partial charge in [0.2, 0.25) is 0 Å². The number of nitrogens with one attached hydrogen (secondary N) is 1. The lowest BCUT2D eigenvalue weighted by Gasteiger charge is -2.29. The molecule has 1 aliphatic rings. The second-order valence-electron chi connectivity index (χ2n) is 3.51. The van der Waals surface area contributed by atoms with E-state index in [1.54, 1.807) is 12.5 Å². The first-order valence-electron chi connectivity index (χ1n) is 4.97. The van der Waals surface area contributed by atoms with Crippen LogP contribution in [-0.4, -0.2) is 31.3 Å². The molecule has 78 valence electrons. The van der Waals surface area contributed by atoms with E-state index < -0.39 is 0 Å². The van der Waals surface area contributed by atoms with Crippen molar-refractivity contribution in [1.29, 1.82) is 0 Å². The van der Waals surface area contributed by atoms with Gasteiger partial charge in [0.05, 0.1) is 25.7 Å². The summed E-state index contributed by atoms with van der Waals surface area (Å²) in [5.74, 6) is 0. The van der Waals surface area contributed by atoms with Crippen LogP contribution in [0.5, 0.6) is 0 Å². The number of nitrogens with zero attached hydrogens (tertiary/aromatic N) is 1. The molecule has 1 saturated heterocycles. The average Bonchev–Trinajstić information content (AvgIpc) is 2.72. The van der Waals surface area contributed by atoms with Gasteiger partial charge in [-0.05, 0) is 13.0 Å². The van der Waals surface area contributed by atoms with Gasteiger partial charge in [-0.15, -0.1) is 0 Å². The highest BCUT2D eigenvalue weighted by atomic mass is 16.5. The zero-order chi connectivity index (χ0) is 9.80. The van der Waals surface area contributed by atoms with Crippen LogP contribution in [0.3, 0.4) is 0 Å². The molecule has 4 nitrogen and oxygen atoms in total. The molecule has 0 spiro atoms. The molecule has 4 heteroatoms. The first-order chi connectivity index (χ1) is 6.86. The quantitative estimate of drug-likeness (QED) is 0.787. The van der Waals surface area contributed by atoms with Gasteiger partial charge in [-0.2, -0.15) is 0 Å². The zero-order valence-corrected chi connectivity index (χ0v) is 8.40. The number of furan rings is 1. The Morgan fingerprint density at radius 3 is 2.86 bits per heavy atom. The average molecular weight is 196 g/mol. The van der Waals surface area contributed by atoms with Crippen LogP contribution < -0.4 is 5.43 Å².